The van der Waals surface area contributed by atoms with Gasteiger partial charge in [-0.2, -0.15) is 0 Å². The maximum Gasteiger partial charge on any atom is 0.222 e. The van der Waals surface area contributed by atoms with E-state index in [1.54, 1.807) is 42.3 Å². The van der Waals surface area contributed by atoms with Crippen molar-refractivity contribution in [3.8, 4) is 11.4 Å². The summed E-state index contributed by atoms with van der Waals surface area (Å²) in [7, 11) is 1.56. The highest BCUT2D eigenvalue weighted by Gasteiger charge is 2.17. The van der Waals surface area contributed by atoms with Gasteiger partial charge in [-0.3, -0.25) is 4.79 Å². The molecule has 0 atom stereocenters. The predicted molar refractivity (Wildman–Crippen MR) is 89.7 cm³/mol. The molecule has 0 saturated carbocycles. The van der Waals surface area contributed by atoms with Gasteiger partial charge in [0.15, 0.2) is 5.82 Å². The van der Waals surface area contributed by atoms with Gasteiger partial charge in [0.05, 0.1) is 18.0 Å². The quantitative estimate of drug-likeness (QED) is 0.731. The molecule has 2 aromatic heterocycles. The smallest absolute Gasteiger partial charge is 0.222 e. The van der Waals surface area contributed by atoms with E-state index in [0.717, 1.165) is 0 Å². The molecule has 2 heterocycles. The number of nitrogens with zero attached hydrogens (tertiary/aromatic N) is 3. The van der Waals surface area contributed by atoms with Crippen LogP contribution in [0.4, 0.5) is 5.82 Å². The molecule has 0 saturated heterocycles. The van der Waals surface area contributed by atoms with Crippen molar-refractivity contribution in [2.24, 2.45) is 0 Å². The maximum absolute atomic E-state index is 11.4. The molecule has 0 aliphatic heterocycles. The molecule has 3 aromatic rings. The van der Waals surface area contributed by atoms with Crippen molar-refractivity contribution in [3.05, 3.63) is 40.6 Å². The number of hydrogen-bond acceptors (Lipinski definition) is 4. The number of carbonyl (C=O) groups excluding carboxylic acids is 1. The van der Waals surface area contributed by atoms with E-state index < -0.39 is 0 Å². The van der Waals surface area contributed by atoms with E-state index in [1.165, 1.54) is 6.92 Å². The second kappa shape index (κ2) is 6.06. The third-order valence-electron chi connectivity index (χ3n) is 3.20. The van der Waals surface area contributed by atoms with Crippen LogP contribution in [-0.4, -0.2) is 27.8 Å². The Morgan fingerprint density at radius 2 is 2.09 bits per heavy atom. The lowest BCUT2D eigenvalue weighted by molar-refractivity contribution is -0.114. The maximum atomic E-state index is 11.4. The number of anilines is 1. The predicted octanol–water partition coefficient (Wildman–Crippen LogP) is 3.69. The molecule has 0 aliphatic rings. The van der Waals surface area contributed by atoms with Crippen LogP contribution < -0.4 is 10.1 Å². The zero-order valence-electron chi connectivity index (χ0n) is 12.3. The summed E-state index contributed by atoms with van der Waals surface area (Å²) in [6.45, 7) is 1.41. The first-order valence-electron chi connectivity index (χ1n) is 6.65. The summed E-state index contributed by atoms with van der Waals surface area (Å²) in [6, 6.07) is 6.85. The van der Waals surface area contributed by atoms with E-state index in [0.29, 0.717) is 38.3 Å². The van der Waals surface area contributed by atoms with Crippen molar-refractivity contribution in [1.29, 1.82) is 0 Å². The Kier molecular flexibility index (Phi) is 4.11. The van der Waals surface area contributed by atoms with Crippen LogP contribution in [0.5, 0.6) is 5.75 Å². The van der Waals surface area contributed by atoms with Gasteiger partial charge in [0.2, 0.25) is 5.91 Å². The number of pyridine rings is 1. The number of benzene rings is 1. The van der Waals surface area contributed by atoms with Gasteiger partial charge in [-0.25, -0.2) is 9.67 Å². The zero-order chi connectivity index (χ0) is 16.6. The number of ether oxygens (including phenoxy) is 1. The van der Waals surface area contributed by atoms with E-state index in [2.05, 4.69) is 15.4 Å². The molecule has 1 aromatic carbocycles. The normalized spacial score (nSPS) is 10.8. The first-order chi connectivity index (χ1) is 11.0. The van der Waals surface area contributed by atoms with E-state index in [9.17, 15) is 4.79 Å². The Balaban J connectivity index is 2.31. The lowest BCUT2D eigenvalue weighted by Crippen LogP contribution is -2.07. The summed E-state index contributed by atoms with van der Waals surface area (Å²) < 4.78 is 6.98. The van der Waals surface area contributed by atoms with Gasteiger partial charge in [0.1, 0.15) is 16.6 Å². The summed E-state index contributed by atoms with van der Waals surface area (Å²) in [5, 5.41) is 8.63. The number of carbonyl (C=O) groups is 1. The molecule has 1 N–H and O–H groups in total. The summed E-state index contributed by atoms with van der Waals surface area (Å²) >= 11 is 12.1. The molecular weight excluding hydrogens is 339 g/mol. The number of methoxy groups -OCH3 is 1. The zero-order valence-corrected chi connectivity index (χ0v) is 13.8. The molecule has 0 fully saturated rings. The lowest BCUT2D eigenvalue weighted by Gasteiger charge is -2.09. The van der Waals surface area contributed by atoms with E-state index in [1.807, 2.05) is 0 Å². The molecule has 23 heavy (non-hydrogen) atoms. The van der Waals surface area contributed by atoms with Gasteiger partial charge in [-0.1, -0.05) is 23.2 Å². The summed E-state index contributed by atoms with van der Waals surface area (Å²) in [5.74, 6) is 0.740. The van der Waals surface area contributed by atoms with Crippen LogP contribution in [0.15, 0.2) is 30.5 Å². The molecule has 8 heteroatoms. The standard InChI is InChI=1S/C15H12Cl2N4O2/c1-8(22)19-15-10-7-18-14(17)6-11(10)21(20-15)12-5-9(16)3-4-13(12)23-2/h3-7H,1-2H3,(H,19,20,22). The number of amides is 1. The Morgan fingerprint density at radius 3 is 2.78 bits per heavy atom. The van der Waals surface area contributed by atoms with Crippen LogP contribution in [-0.2, 0) is 4.79 Å². The van der Waals surface area contributed by atoms with Crippen molar-refractivity contribution in [3.63, 3.8) is 0 Å². The average molecular weight is 351 g/mol. The number of rotatable bonds is 3. The van der Waals surface area contributed by atoms with Gasteiger partial charge < -0.3 is 10.1 Å². The SMILES string of the molecule is COc1ccc(Cl)cc1-n1nc(NC(C)=O)c2cnc(Cl)cc21. The first-order valence-corrected chi connectivity index (χ1v) is 7.41. The third kappa shape index (κ3) is 2.95. The Morgan fingerprint density at radius 1 is 1.30 bits per heavy atom. The van der Waals surface area contributed by atoms with Crippen molar-refractivity contribution < 1.29 is 9.53 Å². The van der Waals surface area contributed by atoms with Crippen LogP contribution in [0.1, 0.15) is 6.92 Å². The Hall–Kier alpha value is -2.31. The molecule has 0 spiro atoms. The third-order valence-corrected chi connectivity index (χ3v) is 3.64. The largest absolute Gasteiger partial charge is 0.494 e. The number of nitrogens with one attached hydrogen (secondary N) is 1. The highest BCUT2D eigenvalue weighted by Crippen LogP contribution is 2.32. The van der Waals surface area contributed by atoms with Gasteiger partial charge >= 0.3 is 0 Å². The van der Waals surface area contributed by atoms with Gasteiger partial charge in [0, 0.05) is 24.2 Å². The van der Waals surface area contributed by atoms with E-state index in [4.69, 9.17) is 27.9 Å². The second-order valence-electron chi connectivity index (χ2n) is 4.78. The molecular formula is C15H12Cl2N4O2. The number of hydrogen-bond donors (Lipinski definition) is 1. The molecule has 6 nitrogen and oxygen atoms in total. The minimum absolute atomic E-state index is 0.232. The van der Waals surface area contributed by atoms with E-state index in [-0.39, 0.29) is 5.91 Å². The molecule has 0 radical (unpaired) electrons. The minimum Gasteiger partial charge on any atom is -0.494 e. The fourth-order valence-corrected chi connectivity index (χ4v) is 2.58. The minimum atomic E-state index is -0.232. The van der Waals surface area contributed by atoms with Crippen molar-refractivity contribution in [1.82, 2.24) is 14.8 Å². The molecule has 118 valence electrons. The fraction of sp³-hybridized carbons (Fsp3) is 0.133. The summed E-state index contributed by atoms with van der Waals surface area (Å²) in [5.41, 5.74) is 1.30. The van der Waals surface area contributed by atoms with Gasteiger partial charge in [-0.15, -0.1) is 5.10 Å². The average Bonchev–Trinajstić information content (AvgIpc) is 2.84. The number of aromatic nitrogens is 3. The molecule has 1 amide bonds. The Labute approximate surface area is 142 Å². The monoisotopic (exact) mass is 350 g/mol. The van der Waals surface area contributed by atoms with Gasteiger partial charge in [-0.05, 0) is 18.2 Å². The molecule has 0 unspecified atom stereocenters. The van der Waals surface area contributed by atoms with Crippen LogP contribution in [0, 0.1) is 0 Å². The first kappa shape index (κ1) is 15.6. The highest BCUT2D eigenvalue weighted by molar-refractivity contribution is 6.31. The lowest BCUT2D eigenvalue weighted by atomic mass is 10.2. The van der Waals surface area contributed by atoms with E-state index >= 15 is 0 Å². The van der Waals surface area contributed by atoms with Crippen LogP contribution in [0.25, 0.3) is 16.6 Å². The molecule has 0 aliphatic carbocycles. The van der Waals surface area contributed by atoms with Gasteiger partial charge in [0.25, 0.3) is 0 Å². The van der Waals surface area contributed by atoms with Crippen LogP contribution in [0.2, 0.25) is 10.2 Å². The Bertz CT molecular complexity index is 908. The molecule has 0 bridgehead atoms. The topological polar surface area (TPSA) is 69.0 Å². The van der Waals surface area contributed by atoms with Crippen LogP contribution >= 0.6 is 23.2 Å². The highest BCUT2D eigenvalue weighted by atomic mass is 35.5. The number of fused-ring (bicyclic) bond motifs is 1. The van der Waals surface area contributed by atoms with Crippen molar-refractivity contribution in [2.45, 2.75) is 6.92 Å². The molecule has 3 rings (SSSR count). The second-order valence-corrected chi connectivity index (χ2v) is 5.61. The van der Waals surface area contributed by atoms with Crippen molar-refractivity contribution >= 4 is 45.8 Å². The van der Waals surface area contributed by atoms with Crippen LogP contribution in [0.3, 0.4) is 0 Å². The summed E-state index contributed by atoms with van der Waals surface area (Å²) in [4.78, 5) is 15.4. The fourth-order valence-electron chi connectivity index (χ4n) is 2.26. The number of halogens is 2. The summed E-state index contributed by atoms with van der Waals surface area (Å²) in [6.07, 6.45) is 1.56. The van der Waals surface area contributed by atoms with Crippen molar-refractivity contribution in [2.75, 3.05) is 12.4 Å².